The van der Waals surface area contributed by atoms with Crippen LogP contribution in [0.3, 0.4) is 0 Å². The molecular weight excluding hydrogens is 348 g/mol. The first-order chi connectivity index (χ1) is 12.6. The second kappa shape index (κ2) is 6.65. The van der Waals surface area contributed by atoms with E-state index in [0.717, 1.165) is 22.2 Å². The van der Waals surface area contributed by atoms with Gasteiger partial charge in [-0.2, -0.15) is 0 Å². The summed E-state index contributed by atoms with van der Waals surface area (Å²) >= 11 is 5.84. The van der Waals surface area contributed by atoms with Gasteiger partial charge in [-0.15, -0.1) is 0 Å². The monoisotopic (exact) mass is 362 g/mol. The predicted molar refractivity (Wildman–Crippen MR) is 104 cm³/mol. The maximum atomic E-state index is 12.2. The molecule has 0 atom stereocenters. The highest BCUT2D eigenvalue weighted by atomic mass is 35.5. The molecule has 1 aromatic heterocycles. The van der Waals surface area contributed by atoms with Gasteiger partial charge in [-0.25, -0.2) is 4.98 Å². The summed E-state index contributed by atoms with van der Waals surface area (Å²) in [5.41, 5.74) is 4.81. The van der Waals surface area contributed by atoms with Crippen molar-refractivity contribution in [2.75, 3.05) is 5.32 Å². The van der Waals surface area contributed by atoms with Crippen molar-refractivity contribution in [1.29, 1.82) is 0 Å². The number of nitrogens with zero attached hydrogens (tertiary/aromatic N) is 1. The molecule has 0 unspecified atom stereocenters. The summed E-state index contributed by atoms with van der Waals surface area (Å²) in [6, 6.07) is 20.0. The third-order valence-corrected chi connectivity index (χ3v) is 4.29. The quantitative estimate of drug-likeness (QED) is 0.508. The number of halogens is 1. The minimum Gasteiger partial charge on any atom is -0.436 e. The van der Waals surface area contributed by atoms with Crippen LogP contribution in [0.1, 0.15) is 15.9 Å². The topological polar surface area (TPSA) is 55.1 Å². The first kappa shape index (κ1) is 16.4. The molecule has 0 aliphatic rings. The minimum absolute atomic E-state index is 0.188. The molecule has 0 aliphatic heterocycles. The van der Waals surface area contributed by atoms with E-state index in [1.54, 1.807) is 24.3 Å². The van der Waals surface area contributed by atoms with E-state index in [9.17, 15) is 4.79 Å². The van der Waals surface area contributed by atoms with Gasteiger partial charge in [0.2, 0.25) is 5.89 Å². The Morgan fingerprint density at radius 3 is 2.46 bits per heavy atom. The van der Waals surface area contributed by atoms with E-state index in [-0.39, 0.29) is 5.91 Å². The fourth-order valence-electron chi connectivity index (χ4n) is 2.66. The standard InChI is InChI=1S/C21H15ClN2O2/c1-13-2-11-18-19(12-13)26-21(24-18)15-5-9-17(10-6-15)23-20(25)14-3-7-16(22)8-4-14/h2-12H,1H3,(H,23,25). The molecule has 128 valence electrons. The van der Waals surface area contributed by atoms with Crippen LogP contribution >= 0.6 is 11.6 Å². The van der Waals surface area contributed by atoms with Crippen molar-refractivity contribution in [3.05, 3.63) is 82.9 Å². The molecule has 26 heavy (non-hydrogen) atoms. The van der Waals surface area contributed by atoms with Gasteiger partial charge in [-0.1, -0.05) is 17.7 Å². The van der Waals surface area contributed by atoms with E-state index < -0.39 is 0 Å². The number of hydrogen-bond acceptors (Lipinski definition) is 3. The van der Waals surface area contributed by atoms with Gasteiger partial charge in [-0.3, -0.25) is 4.79 Å². The van der Waals surface area contributed by atoms with E-state index in [1.807, 2.05) is 49.4 Å². The Morgan fingerprint density at radius 2 is 1.73 bits per heavy atom. The SMILES string of the molecule is Cc1ccc2nc(-c3ccc(NC(=O)c4ccc(Cl)cc4)cc3)oc2c1. The lowest BCUT2D eigenvalue weighted by Crippen LogP contribution is -2.11. The number of fused-ring (bicyclic) bond motifs is 1. The van der Waals surface area contributed by atoms with Crippen LogP contribution in [0.15, 0.2) is 71.1 Å². The van der Waals surface area contributed by atoms with Crippen molar-refractivity contribution in [3.8, 4) is 11.5 Å². The molecule has 5 heteroatoms. The fourth-order valence-corrected chi connectivity index (χ4v) is 2.78. The second-order valence-corrected chi connectivity index (χ2v) is 6.47. The number of oxazole rings is 1. The Kier molecular flexibility index (Phi) is 4.19. The van der Waals surface area contributed by atoms with E-state index in [2.05, 4.69) is 10.3 Å². The summed E-state index contributed by atoms with van der Waals surface area (Å²) in [6.45, 7) is 2.01. The van der Waals surface area contributed by atoms with Crippen LogP contribution in [0.2, 0.25) is 5.02 Å². The summed E-state index contributed by atoms with van der Waals surface area (Å²) in [5, 5.41) is 3.45. The van der Waals surface area contributed by atoms with E-state index in [0.29, 0.717) is 22.2 Å². The molecule has 0 bridgehead atoms. The molecule has 4 nitrogen and oxygen atoms in total. The number of aryl methyl sites for hydroxylation is 1. The Morgan fingerprint density at radius 1 is 1.00 bits per heavy atom. The van der Waals surface area contributed by atoms with Crippen LogP contribution in [0, 0.1) is 6.92 Å². The Labute approximate surface area is 155 Å². The number of nitrogens with one attached hydrogen (secondary N) is 1. The number of amides is 1. The van der Waals surface area contributed by atoms with E-state index in [1.165, 1.54) is 0 Å². The number of rotatable bonds is 3. The predicted octanol–water partition coefficient (Wildman–Crippen LogP) is 5.71. The first-order valence-corrected chi connectivity index (χ1v) is 8.51. The van der Waals surface area contributed by atoms with Gasteiger partial charge in [0, 0.05) is 21.8 Å². The molecule has 0 aliphatic carbocycles. The summed E-state index contributed by atoms with van der Waals surface area (Å²) < 4.78 is 5.83. The number of benzene rings is 3. The van der Waals surface area contributed by atoms with Crippen LogP contribution < -0.4 is 5.32 Å². The number of hydrogen-bond donors (Lipinski definition) is 1. The molecule has 3 aromatic carbocycles. The Hall–Kier alpha value is -3.11. The van der Waals surface area contributed by atoms with Crippen LogP contribution in [0.4, 0.5) is 5.69 Å². The largest absolute Gasteiger partial charge is 0.436 e. The van der Waals surface area contributed by atoms with Gasteiger partial charge >= 0.3 is 0 Å². The van der Waals surface area contributed by atoms with Crippen molar-refractivity contribution >= 4 is 34.3 Å². The number of aromatic nitrogens is 1. The zero-order chi connectivity index (χ0) is 18.1. The Bertz CT molecular complexity index is 1080. The molecule has 4 rings (SSSR count). The number of carbonyl (C=O) groups excluding carboxylic acids is 1. The smallest absolute Gasteiger partial charge is 0.255 e. The van der Waals surface area contributed by atoms with Gasteiger partial charge in [0.1, 0.15) is 5.52 Å². The third kappa shape index (κ3) is 3.32. The highest BCUT2D eigenvalue weighted by molar-refractivity contribution is 6.30. The van der Waals surface area contributed by atoms with Crippen LogP contribution in [0.25, 0.3) is 22.6 Å². The highest BCUT2D eigenvalue weighted by Gasteiger charge is 2.10. The van der Waals surface area contributed by atoms with E-state index >= 15 is 0 Å². The van der Waals surface area contributed by atoms with Crippen molar-refractivity contribution in [2.45, 2.75) is 6.92 Å². The van der Waals surface area contributed by atoms with Crippen molar-refractivity contribution in [1.82, 2.24) is 4.98 Å². The lowest BCUT2D eigenvalue weighted by molar-refractivity contribution is 0.102. The van der Waals surface area contributed by atoms with Crippen molar-refractivity contribution < 1.29 is 9.21 Å². The Balaban J connectivity index is 1.54. The zero-order valence-electron chi connectivity index (χ0n) is 14.0. The molecule has 1 N–H and O–H groups in total. The van der Waals surface area contributed by atoms with Gasteiger partial charge in [0.15, 0.2) is 5.58 Å². The normalized spacial score (nSPS) is 10.8. The summed E-state index contributed by atoms with van der Waals surface area (Å²) in [6.07, 6.45) is 0. The maximum Gasteiger partial charge on any atom is 0.255 e. The number of carbonyl (C=O) groups is 1. The van der Waals surface area contributed by atoms with Gasteiger partial charge in [-0.05, 0) is 73.2 Å². The molecule has 1 heterocycles. The van der Waals surface area contributed by atoms with Gasteiger partial charge in [0.05, 0.1) is 0 Å². The van der Waals surface area contributed by atoms with Crippen molar-refractivity contribution in [2.24, 2.45) is 0 Å². The lowest BCUT2D eigenvalue weighted by Gasteiger charge is -2.06. The van der Waals surface area contributed by atoms with E-state index in [4.69, 9.17) is 16.0 Å². The molecule has 1 amide bonds. The lowest BCUT2D eigenvalue weighted by atomic mass is 10.2. The summed E-state index contributed by atoms with van der Waals surface area (Å²) in [4.78, 5) is 16.7. The summed E-state index contributed by atoms with van der Waals surface area (Å²) in [5.74, 6) is 0.368. The van der Waals surface area contributed by atoms with Gasteiger partial charge < -0.3 is 9.73 Å². The number of anilines is 1. The summed E-state index contributed by atoms with van der Waals surface area (Å²) in [7, 11) is 0. The van der Waals surface area contributed by atoms with Gasteiger partial charge in [0.25, 0.3) is 5.91 Å². The molecule has 0 radical (unpaired) electrons. The van der Waals surface area contributed by atoms with Crippen molar-refractivity contribution in [3.63, 3.8) is 0 Å². The minimum atomic E-state index is -0.188. The molecule has 0 spiro atoms. The maximum absolute atomic E-state index is 12.2. The molecule has 0 saturated carbocycles. The van der Waals surface area contributed by atoms with Crippen LogP contribution in [-0.2, 0) is 0 Å². The zero-order valence-corrected chi connectivity index (χ0v) is 14.7. The highest BCUT2D eigenvalue weighted by Crippen LogP contribution is 2.26. The third-order valence-electron chi connectivity index (χ3n) is 4.04. The first-order valence-electron chi connectivity index (χ1n) is 8.13. The average Bonchev–Trinajstić information content (AvgIpc) is 3.06. The average molecular weight is 363 g/mol. The molecule has 0 fully saturated rings. The molecular formula is C21H15ClN2O2. The van der Waals surface area contributed by atoms with Crippen LogP contribution in [0.5, 0.6) is 0 Å². The molecule has 0 saturated heterocycles. The van der Waals surface area contributed by atoms with Crippen LogP contribution in [-0.4, -0.2) is 10.9 Å². The fraction of sp³-hybridized carbons (Fsp3) is 0.0476. The second-order valence-electron chi connectivity index (χ2n) is 6.03. The molecule has 4 aromatic rings.